The minimum absolute atomic E-state index is 0. The molecule has 0 aliphatic carbocycles. The zero-order valence-corrected chi connectivity index (χ0v) is 17.7. The molecule has 0 aromatic heterocycles. The van der Waals surface area contributed by atoms with E-state index in [0.29, 0.717) is 32.2 Å². The smallest absolute Gasteiger partial charge is 0.409 e. The van der Waals surface area contributed by atoms with Crippen molar-refractivity contribution < 1.29 is 13.9 Å². The summed E-state index contributed by atoms with van der Waals surface area (Å²) in [6.45, 7) is 5.94. The number of nitrogens with one attached hydrogen (secondary N) is 1. The molecule has 0 radical (unpaired) electrons. The first-order valence-corrected chi connectivity index (χ1v) is 8.72. The SMILES string of the molecule is CCOC(=O)N1CCC(NC(N)=NCCc2ccc(F)cc2C)CC1.I. The van der Waals surface area contributed by atoms with E-state index < -0.39 is 0 Å². The molecule has 0 unspecified atom stereocenters. The second-order valence-electron chi connectivity index (χ2n) is 6.19. The molecule has 0 spiro atoms. The number of hydrogen-bond donors (Lipinski definition) is 2. The average molecular weight is 478 g/mol. The summed E-state index contributed by atoms with van der Waals surface area (Å²) in [4.78, 5) is 17.7. The van der Waals surface area contributed by atoms with E-state index in [4.69, 9.17) is 10.5 Å². The Morgan fingerprint density at radius 1 is 1.42 bits per heavy atom. The van der Waals surface area contributed by atoms with E-state index in [-0.39, 0.29) is 41.9 Å². The molecule has 1 aliphatic rings. The normalized spacial score (nSPS) is 15.3. The Morgan fingerprint density at radius 2 is 2.12 bits per heavy atom. The summed E-state index contributed by atoms with van der Waals surface area (Å²) in [7, 11) is 0. The topological polar surface area (TPSA) is 80.0 Å². The van der Waals surface area contributed by atoms with E-state index in [2.05, 4.69) is 10.3 Å². The number of amides is 1. The van der Waals surface area contributed by atoms with Crippen molar-refractivity contribution in [2.24, 2.45) is 10.7 Å². The van der Waals surface area contributed by atoms with Gasteiger partial charge in [-0.1, -0.05) is 6.07 Å². The number of nitrogens with zero attached hydrogens (tertiary/aromatic N) is 2. The monoisotopic (exact) mass is 478 g/mol. The molecule has 1 saturated heterocycles. The van der Waals surface area contributed by atoms with E-state index >= 15 is 0 Å². The van der Waals surface area contributed by atoms with Gasteiger partial charge in [-0.05, 0) is 56.4 Å². The average Bonchev–Trinajstić information content (AvgIpc) is 2.57. The summed E-state index contributed by atoms with van der Waals surface area (Å²) in [5.41, 5.74) is 7.94. The lowest BCUT2D eigenvalue weighted by molar-refractivity contribution is 0.0963. The number of likely N-dealkylation sites (tertiary alicyclic amines) is 1. The largest absolute Gasteiger partial charge is 0.450 e. The standard InChI is InChI=1S/C18H27FN4O2.HI/c1-3-25-18(24)23-10-7-16(8-11-23)22-17(20)21-9-6-14-4-5-15(19)12-13(14)2;/h4-5,12,16H,3,6-11H2,1-2H3,(H3,20,21,22);1H. The van der Waals surface area contributed by atoms with Crippen LogP contribution in [0.5, 0.6) is 0 Å². The van der Waals surface area contributed by atoms with Gasteiger partial charge in [0.1, 0.15) is 5.82 Å². The van der Waals surface area contributed by atoms with Gasteiger partial charge in [0.05, 0.1) is 6.61 Å². The van der Waals surface area contributed by atoms with Crippen LogP contribution in [0.3, 0.4) is 0 Å². The summed E-state index contributed by atoms with van der Waals surface area (Å²) < 4.78 is 18.1. The molecule has 0 bridgehead atoms. The molecule has 1 amide bonds. The molecular weight excluding hydrogens is 450 g/mol. The number of carbonyl (C=O) groups excluding carboxylic acids is 1. The summed E-state index contributed by atoms with van der Waals surface area (Å²) in [5.74, 6) is 0.189. The zero-order valence-electron chi connectivity index (χ0n) is 15.3. The third kappa shape index (κ3) is 6.97. The van der Waals surface area contributed by atoms with Crippen molar-refractivity contribution in [1.29, 1.82) is 0 Å². The second kappa shape index (κ2) is 11.2. The van der Waals surface area contributed by atoms with E-state index in [1.807, 2.05) is 6.92 Å². The number of piperidine rings is 1. The molecule has 3 N–H and O–H groups in total. The lowest BCUT2D eigenvalue weighted by Gasteiger charge is -2.31. The number of carbonyl (C=O) groups is 1. The van der Waals surface area contributed by atoms with Crippen molar-refractivity contribution in [1.82, 2.24) is 10.2 Å². The van der Waals surface area contributed by atoms with Crippen LogP contribution in [0, 0.1) is 12.7 Å². The Bertz CT molecular complexity index is 619. The Kier molecular flexibility index (Phi) is 9.68. The van der Waals surface area contributed by atoms with Gasteiger partial charge in [0.25, 0.3) is 0 Å². The molecule has 26 heavy (non-hydrogen) atoms. The number of benzene rings is 1. The van der Waals surface area contributed by atoms with E-state index in [9.17, 15) is 9.18 Å². The zero-order chi connectivity index (χ0) is 18.2. The number of hydrogen-bond acceptors (Lipinski definition) is 3. The maximum absolute atomic E-state index is 13.1. The predicted molar refractivity (Wildman–Crippen MR) is 111 cm³/mol. The van der Waals surface area contributed by atoms with Gasteiger partial charge in [-0.15, -0.1) is 24.0 Å². The van der Waals surface area contributed by atoms with Crippen LogP contribution in [0.2, 0.25) is 0 Å². The number of ether oxygens (including phenoxy) is 1. The quantitative estimate of drug-likeness (QED) is 0.388. The third-order valence-corrected chi connectivity index (χ3v) is 4.34. The maximum atomic E-state index is 13.1. The first-order valence-electron chi connectivity index (χ1n) is 8.72. The van der Waals surface area contributed by atoms with E-state index in [0.717, 1.165) is 30.4 Å². The fourth-order valence-corrected chi connectivity index (χ4v) is 2.91. The summed E-state index contributed by atoms with van der Waals surface area (Å²) in [6.07, 6.45) is 2.09. The van der Waals surface area contributed by atoms with Crippen molar-refractivity contribution >= 4 is 36.0 Å². The van der Waals surface area contributed by atoms with Crippen LogP contribution in [0.1, 0.15) is 30.9 Å². The Hall–Kier alpha value is -1.58. The summed E-state index contributed by atoms with van der Waals surface area (Å²) in [6, 6.07) is 4.99. The van der Waals surface area contributed by atoms with Crippen LogP contribution in [0.15, 0.2) is 23.2 Å². The van der Waals surface area contributed by atoms with Gasteiger partial charge in [-0.25, -0.2) is 9.18 Å². The predicted octanol–water partition coefficient (Wildman–Crippen LogP) is 2.82. The number of nitrogens with two attached hydrogens (primary N) is 1. The fourth-order valence-electron chi connectivity index (χ4n) is 2.91. The van der Waals surface area contributed by atoms with Gasteiger partial charge < -0.3 is 20.7 Å². The molecule has 146 valence electrons. The van der Waals surface area contributed by atoms with Crippen molar-refractivity contribution in [2.45, 2.75) is 39.2 Å². The van der Waals surface area contributed by atoms with Crippen LogP contribution >= 0.6 is 24.0 Å². The number of aliphatic imine (C=N–C) groups is 1. The first kappa shape index (κ1) is 22.5. The second-order valence-corrected chi connectivity index (χ2v) is 6.19. The Morgan fingerprint density at radius 3 is 2.73 bits per heavy atom. The van der Waals surface area contributed by atoms with Crippen LogP contribution in [-0.2, 0) is 11.2 Å². The molecule has 0 saturated carbocycles. The van der Waals surface area contributed by atoms with Gasteiger partial charge in [0, 0.05) is 25.7 Å². The van der Waals surface area contributed by atoms with Crippen LogP contribution < -0.4 is 11.1 Å². The van der Waals surface area contributed by atoms with Crippen molar-refractivity contribution in [3.8, 4) is 0 Å². The molecule has 0 atom stereocenters. The lowest BCUT2D eigenvalue weighted by Crippen LogP contribution is -2.48. The first-order chi connectivity index (χ1) is 12.0. The van der Waals surface area contributed by atoms with Crippen LogP contribution in [-0.4, -0.2) is 49.2 Å². The lowest BCUT2D eigenvalue weighted by atomic mass is 10.1. The Balaban J connectivity index is 0.00000338. The molecule has 1 fully saturated rings. The fraction of sp³-hybridized carbons (Fsp3) is 0.556. The number of halogens is 2. The highest BCUT2D eigenvalue weighted by atomic mass is 127. The highest BCUT2D eigenvalue weighted by Gasteiger charge is 2.23. The van der Waals surface area contributed by atoms with Gasteiger partial charge in [-0.3, -0.25) is 4.99 Å². The molecule has 1 heterocycles. The number of aryl methyl sites for hydroxylation is 1. The van der Waals surface area contributed by atoms with Gasteiger partial charge in [0.2, 0.25) is 0 Å². The molecule has 6 nitrogen and oxygen atoms in total. The molecule has 1 aromatic rings. The Labute approximate surface area is 171 Å². The van der Waals surface area contributed by atoms with Crippen molar-refractivity contribution in [3.05, 3.63) is 35.1 Å². The van der Waals surface area contributed by atoms with Crippen molar-refractivity contribution in [3.63, 3.8) is 0 Å². The highest BCUT2D eigenvalue weighted by molar-refractivity contribution is 14.0. The van der Waals surface area contributed by atoms with Gasteiger partial charge in [-0.2, -0.15) is 0 Å². The maximum Gasteiger partial charge on any atom is 0.409 e. The van der Waals surface area contributed by atoms with Crippen LogP contribution in [0.4, 0.5) is 9.18 Å². The highest BCUT2D eigenvalue weighted by Crippen LogP contribution is 2.12. The molecule has 1 aromatic carbocycles. The van der Waals surface area contributed by atoms with Crippen LogP contribution in [0.25, 0.3) is 0 Å². The van der Waals surface area contributed by atoms with Gasteiger partial charge >= 0.3 is 6.09 Å². The molecule has 2 rings (SSSR count). The summed E-state index contributed by atoms with van der Waals surface area (Å²) in [5, 5.41) is 3.21. The minimum atomic E-state index is -0.253. The molecule has 1 aliphatic heterocycles. The molecular formula is C18H28FIN4O2. The third-order valence-electron chi connectivity index (χ3n) is 4.34. The number of guanidine groups is 1. The number of rotatable bonds is 5. The van der Waals surface area contributed by atoms with Crippen molar-refractivity contribution in [2.75, 3.05) is 26.2 Å². The molecule has 8 heteroatoms. The van der Waals surface area contributed by atoms with E-state index in [1.54, 1.807) is 17.9 Å². The van der Waals surface area contributed by atoms with Gasteiger partial charge in [0.15, 0.2) is 5.96 Å². The summed E-state index contributed by atoms with van der Waals surface area (Å²) >= 11 is 0. The van der Waals surface area contributed by atoms with E-state index in [1.165, 1.54) is 12.1 Å². The minimum Gasteiger partial charge on any atom is -0.450 e.